The summed E-state index contributed by atoms with van der Waals surface area (Å²) in [5.41, 5.74) is -0.0202. The number of rotatable bonds is 6. The summed E-state index contributed by atoms with van der Waals surface area (Å²) < 4.78 is 0. The zero-order valence-corrected chi connectivity index (χ0v) is 15.7. The summed E-state index contributed by atoms with van der Waals surface area (Å²) in [6, 6.07) is 5.49. The highest BCUT2D eigenvalue weighted by Crippen LogP contribution is 2.23. The van der Waals surface area contributed by atoms with Crippen LogP contribution in [0.1, 0.15) is 25.7 Å². The second-order valence-electron chi connectivity index (χ2n) is 6.74. The Morgan fingerprint density at radius 1 is 1.37 bits per heavy atom. The van der Waals surface area contributed by atoms with E-state index in [0.29, 0.717) is 17.4 Å². The van der Waals surface area contributed by atoms with E-state index in [1.807, 2.05) is 0 Å². The minimum absolute atomic E-state index is 0.0121. The van der Waals surface area contributed by atoms with Crippen LogP contribution < -0.4 is 10.6 Å². The number of nitrogens with zero attached hydrogens (tertiary/aromatic N) is 4. The van der Waals surface area contributed by atoms with Crippen LogP contribution in [0, 0.1) is 21.4 Å². The second-order valence-corrected chi connectivity index (χ2v) is 7.74. The van der Waals surface area contributed by atoms with Crippen molar-refractivity contribution in [1.29, 1.82) is 5.26 Å². The molecule has 144 valence electrons. The number of nitro groups is 1. The molecular weight excluding hydrogens is 368 g/mol. The van der Waals surface area contributed by atoms with Crippen molar-refractivity contribution in [3.05, 3.63) is 28.4 Å². The Morgan fingerprint density at radius 2 is 2.11 bits per heavy atom. The highest BCUT2D eigenvalue weighted by molar-refractivity contribution is 7.99. The van der Waals surface area contributed by atoms with Crippen LogP contribution in [0.2, 0.25) is 0 Å². The largest absolute Gasteiger partial charge is 0.367 e. The van der Waals surface area contributed by atoms with E-state index in [4.69, 9.17) is 5.26 Å². The van der Waals surface area contributed by atoms with Crippen LogP contribution in [0.5, 0.6) is 0 Å². The minimum Gasteiger partial charge on any atom is -0.367 e. The molecular formula is C17H22N6O3S. The molecule has 0 spiro atoms. The number of hydrogen-bond acceptors (Lipinski definition) is 8. The van der Waals surface area contributed by atoms with Crippen LogP contribution in [-0.4, -0.2) is 57.0 Å². The molecule has 1 aliphatic carbocycles. The third kappa shape index (κ3) is 5.08. The first-order chi connectivity index (χ1) is 13.1. The van der Waals surface area contributed by atoms with Crippen molar-refractivity contribution >= 4 is 29.2 Å². The Kier molecular flexibility index (Phi) is 6.47. The van der Waals surface area contributed by atoms with Gasteiger partial charge in [0.1, 0.15) is 18.1 Å². The van der Waals surface area contributed by atoms with Crippen molar-refractivity contribution in [2.75, 3.05) is 23.5 Å². The zero-order chi connectivity index (χ0) is 19.2. The third-order valence-electron chi connectivity index (χ3n) is 4.93. The smallest absolute Gasteiger partial charge is 0.287 e. The van der Waals surface area contributed by atoms with E-state index in [1.165, 1.54) is 12.3 Å². The van der Waals surface area contributed by atoms with Crippen LogP contribution in [0.3, 0.4) is 0 Å². The van der Waals surface area contributed by atoms with Crippen LogP contribution in [0.25, 0.3) is 0 Å². The predicted molar refractivity (Wildman–Crippen MR) is 102 cm³/mol. The van der Waals surface area contributed by atoms with Crippen molar-refractivity contribution in [3.8, 4) is 6.07 Å². The van der Waals surface area contributed by atoms with Crippen molar-refractivity contribution in [2.24, 2.45) is 0 Å². The fourth-order valence-corrected chi connectivity index (χ4v) is 4.46. The highest BCUT2D eigenvalue weighted by Gasteiger charge is 2.29. The van der Waals surface area contributed by atoms with Gasteiger partial charge in [-0.3, -0.25) is 14.9 Å². The molecule has 3 rings (SSSR count). The number of aromatic nitrogens is 1. The highest BCUT2D eigenvalue weighted by atomic mass is 32.2. The lowest BCUT2D eigenvalue weighted by atomic mass is 9.91. The number of nitriles is 1. The molecule has 27 heavy (non-hydrogen) atoms. The van der Waals surface area contributed by atoms with Crippen molar-refractivity contribution < 1.29 is 9.72 Å². The summed E-state index contributed by atoms with van der Waals surface area (Å²) in [5, 5.41) is 26.4. The predicted octanol–water partition coefficient (Wildman–Crippen LogP) is 1.73. The van der Waals surface area contributed by atoms with E-state index in [1.54, 1.807) is 22.7 Å². The van der Waals surface area contributed by atoms with Gasteiger partial charge in [-0.25, -0.2) is 4.98 Å². The van der Waals surface area contributed by atoms with Crippen LogP contribution in [-0.2, 0) is 4.79 Å². The molecule has 0 aromatic carbocycles. The summed E-state index contributed by atoms with van der Waals surface area (Å²) >= 11 is 1.61. The number of carbonyl (C=O) groups is 1. The average molecular weight is 390 g/mol. The molecule has 10 heteroatoms. The van der Waals surface area contributed by atoms with E-state index in [-0.39, 0.29) is 36.3 Å². The molecule has 1 atom stereocenters. The number of amides is 1. The third-order valence-corrected chi connectivity index (χ3v) is 5.94. The molecule has 2 aliphatic rings. The van der Waals surface area contributed by atoms with Gasteiger partial charge in [-0.05, 0) is 31.7 Å². The molecule has 0 bridgehead atoms. The summed E-state index contributed by atoms with van der Waals surface area (Å²) in [4.78, 5) is 28.2. The normalized spacial score (nSPS) is 25.0. The molecule has 1 aliphatic heterocycles. The van der Waals surface area contributed by atoms with Crippen molar-refractivity contribution in [2.45, 2.75) is 43.8 Å². The Morgan fingerprint density at radius 3 is 2.74 bits per heavy atom. The molecule has 1 aromatic heterocycles. The fraction of sp³-hybridized carbons (Fsp3) is 0.588. The lowest BCUT2D eigenvalue weighted by Gasteiger charge is -2.30. The van der Waals surface area contributed by atoms with Crippen molar-refractivity contribution in [1.82, 2.24) is 15.2 Å². The molecule has 1 amide bonds. The van der Waals surface area contributed by atoms with E-state index in [0.717, 1.165) is 25.7 Å². The lowest BCUT2D eigenvalue weighted by Crippen LogP contribution is -2.45. The van der Waals surface area contributed by atoms with Crippen molar-refractivity contribution in [3.63, 3.8) is 0 Å². The van der Waals surface area contributed by atoms with Gasteiger partial charge >= 0.3 is 0 Å². The minimum atomic E-state index is -0.464. The fourth-order valence-electron chi connectivity index (χ4n) is 3.36. The Labute approximate surface area is 161 Å². The van der Waals surface area contributed by atoms with Gasteiger partial charge in [0.15, 0.2) is 0 Å². The standard InChI is InChI=1S/C17H22N6O3S/c18-7-15-10-27-11-22(15)17(24)9-19-12-1-3-13(4-2-12)21-16-6-5-14(8-20-16)23(25)26/h5-6,8,12-13,15,19H,1-4,9-11H2,(H,20,21)/t12-,13-,15-/m1/s1. The number of pyridine rings is 1. The van der Waals surface area contributed by atoms with Gasteiger partial charge in [0, 0.05) is 23.9 Å². The molecule has 1 saturated heterocycles. The van der Waals surface area contributed by atoms with E-state index in [9.17, 15) is 14.9 Å². The maximum Gasteiger partial charge on any atom is 0.287 e. The first kappa shape index (κ1) is 19.4. The van der Waals surface area contributed by atoms with E-state index < -0.39 is 4.92 Å². The number of carbonyl (C=O) groups excluding carboxylic acids is 1. The Balaban J connectivity index is 1.39. The van der Waals surface area contributed by atoms with Crippen LogP contribution in [0.15, 0.2) is 18.3 Å². The van der Waals surface area contributed by atoms with Gasteiger partial charge < -0.3 is 15.5 Å². The Hall–Kier alpha value is -2.38. The van der Waals surface area contributed by atoms with Crippen LogP contribution in [0.4, 0.5) is 11.5 Å². The number of nitrogens with one attached hydrogen (secondary N) is 2. The first-order valence-corrected chi connectivity index (χ1v) is 10.1. The van der Waals surface area contributed by atoms with Gasteiger partial charge in [-0.1, -0.05) is 0 Å². The van der Waals surface area contributed by atoms with Gasteiger partial charge in [0.05, 0.1) is 23.4 Å². The van der Waals surface area contributed by atoms with Gasteiger partial charge in [0.25, 0.3) is 5.69 Å². The molecule has 2 N–H and O–H groups in total. The monoisotopic (exact) mass is 390 g/mol. The maximum absolute atomic E-state index is 12.3. The summed E-state index contributed by atoms with van der Waals surface area (Å²) in [6.45, 7) is 0.269. The molecule has 2 fully saturated rings. The summed E-state index contributed by atoms with van der Waals surface area (Å²) in [7, 11) is 0. The molecule has 0 radical (unpaired) electrons. The second kappa shape index (κ2) is 9.01. The lowest BCUT2D eigenvalue weighted by molar-refractivity contribution is -0.385. The molecule has 1 saturated carbocycles. The van der Waals surface area contributed by atoms with Crippen LogP contribution >= 0.6 is 11.8 Å². The van der Waals surface area contributed by atoms with Gasteiger partial charge in [-0.15, -0.1) is 11.8 Å². The number of hydrogen-bond donors (Lipinski definition) is 2. The molecule has 2 heterocycles. The first-order valence-electron chi connectivity index (χ1n) is 8.94. The van der Waals surface area contributed by atoms with E-state index >= 15 is 0 Å². The molecule has 1 aromatic rings. The number of anilines is 1. The maximum atomic E-state index is 12.3. The average Bonchev–Trinajstić information content (AvgIpc) is 3.16. The van der Waals surface area contributed by atoms with Gasteiger partial charge in [0.2, 0.25) is 5.91 Å². The SMILES string of the molecule is N#C[C@@H]1CSCN1C(=O)CN[C@H]1CC[C@H](Nc2ccc([N+](=O)[O-])cn2)CC1. The zero-order valence-electron chi connectivity index (χ0n) is 14.8. The summed E-state index contributed by atoms with van der Waals surface area (Å²) in [6.07, 6.45) is 5.00. The quantitative estimate of drug-likeness (QED) is 0.556. The Bertz CT molecular complexity index is 714. The summed E-state index contributed by atoms with van der Waals surface area (Å²) in [5.74, 6) is 1.91. The number of thioether (sulfide) groups is 1. The van der Waals surface area contributed by atoms with Gasteiger partial charge in [-0.2, -0.15) is 5.26 Å². The molecule has 9 nitrogen and oxygen atoms in total. The topological polar surface area (TPSA) is 124 Å². The van der Waals surface area contributed by atoms with E-state index in [2.05, 4.69) is 21.7 Å². The molecule has 0 unspecified atom stereocenters.